The van der Waals surface area contributed by atoms with Gasteiger partial charge in [0.1, 0.15) is 5.60 Å². The molecule has 1 aromatic rings. The van der Waals surface area contributed by atoms with Crippen LogP contribution in [0.2, 0.25) is 0 Å². The number of hydrogen-bond donors (Lipinski definition) is 0. The number of aromatic nitrogens is 2. The molecule has 6 nitrogen and oxygen atoms in total. The van der Waals surface area contributed by atoms with E-state index in [4.69, 9.17) is 4.74 Å². The van der Waals surface area contributed by atoms with Crippen LogP contribution in [-0.2, 0) is 10.9 Å². The Morgan fingerprint density at radius 3 is 2.25 bits per heavy atom. The first-order valence-corrected chi connectivity index (χ1v) is 9.53. The lowest BCUT2D eigenvalue weighted by Gasteiger charge is -2.39. The van der Waals surface area contributed by atoms with E-state index in [9.17, 15) is 18.0 Å². The molecule has 1 amide bonds. The van der Waals surface area contributed by atoms with Gasteiger partial charge >= 0.3 is 12.3 Å². The number of amides is 1. The van der Waals surface area contributed by atoms with E-state index in [1.165, 1.54) is 0 Å². The Morgan fingerprint density at radius 1 is 1.11 bits per heavy atom. The highest BCUT2D eigenvalue weighted by molar-refractivity contribution is 5.68. The fraction of sp³-hybridized carbons (Fsp3) is 0.737. The number of halogens is 3. The van der Waals surface area contributed by atoms with Crippen LogP contribution < -0.4 is 4.90 Å². The molecule has 0 bridgehead atoms. The molecule has 2 fully saturated rings. The van der Waals surface area contributed by atoms with E-state index >= 15 is 0 Å². The number of likely N-dealkylation sites (tertiary alicyclic amines) is 1. The third-order valence-corrected chi connectivity index (χ3v) is 5.46. The summed E-state index contributed by atoms with van der Waals surface area (Å²) >= 11 is 0. The maximum Gasteiger partial charge on any atom is 0.435 e. The minimum absolute atomic E-state index is 0.0509. The summed E-state index contributed by atoms with van der Waals surface area (Å²) in [7, 11) is 0. The molecule has 0 aromatic carbocycles. The molecule has 3 heterocycles. The lowest BCUT2D eigenvalue weighted by atomic mass is 9.78. The summed E-state index contributed by atoms with van der Waals surface area (Å²) in [6, 6.07) is 1.05. The van der Waals surface area contributed by atoms with E-state index < -0.39 is 17.5 Å². The lowest BCUT2D eigenvalue weighted by molar-refractivity contribution is -0.141. The molecule has 156 valence electrons. The van der Waals surface area contributed by atoms with Crippen molar-refractivity contribution in [2.75, 3.05) is 31.1 Å². The van der Waals surface area contributed by atoms with Crippen molar-refractivity contribution >= 4 is 11.9 Å². The maximum absolute atomic E-state index is 12.8. The molecule has 0 N–H and O–H groups in total. The zero-order valence-corrected chi connectivity index (χ0v) is 16.8. The van der Waals surface area contributed by atoms with Crippen LogP contribution in [0.15, 0.2) is 6.07 Å². The normalized spacial score (nSPS) is 20.0. The number of ether oxygens (including phenoxy) is 1. The standard InChI is InChI=1S/C19H27F3N4O2/c1-13-11-14(19(20,21)22)23-24-15(13)26-10-7-18(12-26)5-8-25(9-6-18)16(27)28-17(2,3)4/h11H,5-10,12H2,1-4H3. The summed E-state index contributed by atoms with van der Waals surface area (Å²) in [5, 5.41) is 7.23. The minimum Gasteiger partial charge on any atom is -0.444 e. The molecule has 0 radical (unpaired) electrons. The van der Waals surface area contributed by atoms with Crippen molar-refractivity contribution in [2.45, 2.75) is 58.7 Å². The largest absolute Gasteiger partial charge is 0.444 e. The Labute approximate surface area is 163 Å². The smallest absolute Gasteiger partial charge is 0.435 e. The van der Waals surface area contributed by atoms with E-state index in [1.807, 2.05) is 25.7 Å². The second-order valence-corrected chi connectivity index (χ2v) is 8.87. The molecule has 2 aliphatic rings. The van der Waals surface area contributed by atoms with Gasteiger partial charge in [0.2, 0.25) is 0 Å². The van der Waals surface area contributed by atoms with Crippen molar-refractivity contribution in [3.63, 3.8) is 0 Å². The summed E-state index contributed by atoms with van der Waals surface area (Å²) in [6.07, 6.45) is -2.17. The number of carbonyl (C=O) groups is 1. The highest BCUT2D eigenvalue weighted by Crippen LogP contribution is 2.42. The molecule has 1 aromatic heterocycles. The van der Waals surface area contributed by atoms with Crippen LogP contribution in [0.1, 0.15) is 51.3 Å². The summed E-state index contributed by atoms with van der Waals surface area (Å²) in [5.74, 6) is 0.513. The summed E-state index contributed by atoms with van der Waals surface area (Å²) < 4.78 is 43.9. The second-order valence-electron chi connectivity index (χ2n) is 8.87. The van der Waals surface area contributed by atoms with Crippen molar-refractivity contribution < 1.29 is 22.7 Å². The SMILES string of the molecule is Cc1cc(C(F)(F)F)nnc1N1CCC2(CCN(C(=O)OC(C)(C)C)CC2)C1. The van der Waals surface area contributed by atoms with Gasteiger partial charge in [-0.25, -0.2) is 4.79 Å². The third-order valence-electron chi connectivity index (χ3n) is 5.46. The Kier molecular flexibility index (Phi) is 5.22. The Hall–Kier alpha value is -2.06. The fourth-order valence-electron chi connectivity index (χ4n) is 3.94. The number of nitrogens with zero attached hydrogens (tertiary/aromatic N) is 4. The van der Waals surface area contributed by atoms with E-state index in [2.05, 4.69) is 10.2 Å². The molecular formula is C19H27F3N4O2. The minimum atomic E-state index is -4.49. The molecule has 2 saturated heterocycles. The first-order chi connectivity index (χ1) is 12.9. The molecule has 3 rings (SSSR count). The van der Waals surface area contributed by atoms with Gasteiger partial charge in [-0.1, -0.05) is 0 Å². The molecule has 0 unspecified atom stereocenters. The van der Waals surface area contributed by atoms with Crippen molar-refractivity contribution in [3.05, 3.63) is 17.3 Å². The zero-order valence-electron chi connectivity index (χ0n) is 16.8. The molecule has 9 heteroatoms. The molecule has 1 spiro atoms. The van der Waals surface area contributed by atoms with Gasteiger partial charge in [0.05, 0.1) is 0 Å². The van der Waals surface area contributed by atoms with Crippen molar-refractivity contribution in [1.82, 2.24) is 15.1 Å². The number of alkyl halides is 3. The summed E-state index contributed by atoms with van der Waals surface area (Å²) in [4.78, 5) is 16.0. The van der Waals surface area contributed by atoms with Crippen LogP contribution >= 0.6 is 0 Å². The van der Waals surface area contributed by atoms with Crippen LogP contribution in [0.25, 0.3) is 0 Å². The van der Waals surface area contributed by atoms with Gasteiger partial charge in [0, 0.05) is 26.2 Å². The van der Waals surface area contributed by atoms with Gasteiger partial charge in [-0.2, -0.15) is 13.2 Å². The second kappa shape index (κ2) is 7.08. The number of rotatable bonds is 1. The van der Waals surface area contributed by atoms with Crippen LogP contribution in [0.3, 0.4) is 0 Å². The summed E-state index contributed by atoms with van der Waals surface area (Å²) in [5.41, 5.74) is -0.955. The van der Waals surface area contributed by atoms with E-state index in [1.54, 1.807) is 11.8 Å². The van der Waals surface area contributed by atoms with Crippen LogP contribution in [0.4, 0.5) is 23.8 Å². The Morgan fingerprint density at radius 2 is 1.71 bits per heavy atom. The zero-order chi connectivity index (χ0) is 20.7. The number of aryl methyl sites for hydroxylation is 1. The number of piperidine rings is 1. The molecule has 0 atom stereocenters. The van der Waals surface area contributed by atoms with Crippen molar-refractivity contribution in [1.29, 1.82) is 0 Å². The highest BCUT2D eigenvalue weighted by atomic mass is 19.4. The van der Waals surface area contributed by atoms with Gasteiger partial charge < -0.3 is 14.5 Å². The average Bonchev–Trinajstić information content (AvgIpc) is 2.96. The molecule has 0 aliphatic carbocycles. The molecule has 28 heavy (non-hydrogen) atoms. The average molecular weight is 400 g/mol. The van der Waals surface area contributed by atoms with Crippen molar-refractivity contribution in [2.24, 2.45) is 5.41 Å². The number of carbonyl (C=O) groups excluding carboxylic acids is 1. The Balaban J connectivity index is 1.63. The van der Waals surface area contributed by atoms with Gasteiger partial charge in [-0.15, -0.1) is 10.2 Å². The van der Waals surface area contributed by atoms with Crippen LogP contribution in [0, 0.1) is 12.3 Å². The molecule has 2 aliphatic heterocycles. The van der Waals surface area contributed by atoms with E-state index in [-0.39, 0.29) is 11.5 Å². The number of anilines is 1. The quantitative estimate of drug-likeness (QED) is 0.712. The monoisotopic (exact) mass is 400 g/mol. The first kappa shape index (κ1) is 20.7. The van der Waals surface area contributed by atoms with Crippen molar-refractivity contribution in [3.8, 4) is 0 Å². The van der Waals surface area contributed by atoms with E-state index in [0.29, 0.717) is 24.5 Å². The van der Waals surface area contributed by atoms with Gasteiger partial charge in [0.25, 0.3) is 0 Å². The molecular weight excluding hydrogens is 373 g/mol. The highest BCUT2D eigenvalue weighted by Gasteiger charge is 2.43. The topological polar surface area (TPSA) is 58.6 Å². The predicted octanol–water partition coefficient (Wildman–Crippen LogP) is 4.03. The third kappa shape index (κ3) is 4.50. The Bertz CT molecular complexity index is 738. The van der Waals surface area contributed by atoms with Gasteiger partial charge in [-0.3, -0.25) is 0 Å². The van der Waals surface area contributed by atoms with E-state index in [0.717, 1.165) is 38.4 Å². The van der Waals surface area contributed by atoms with Crippen LogP contribution in [-0.4, -0.2) is 53.0 Å². The van der Waals surface area contributed by atoms with Crippen LogP contribution in [0.5, 0.6) is 0 Å². The maximum atomic E-state index is 12.8. The van der Waals surface area contributed by atoms with Gasteiger partial charge in [0.15, 0.2) is 11.5 Å². The molecule has 0 saturated carbocycles. The fourth-order valence-corrected chi connectivity index (χ4v) is 3.94. The predicted molar refractivity (Wildman–Crippen MR) is 98.1 cm³/mol. The first-order valence-electron chi connectivity index (χ1n) is 9.53. The number of hydrogen-bond acceptors (Lipinski definition) is 5. The van der Waals surface area contributed by atoms with Gasteiger partial charge in [-0.05, 0) is 64.0 Å². The summed E-state index contributed by atoms with van der Waals surface area (Å²) in [6.45, 7) is 9.87. The lowest BCUT2D eigenvalue weighted by Crippen LogP contribution is -2.46.